The van der Waals surface area contributed by atoms with Crippen LogP contribution in [0, 0.1) is 31.1 Å². The van der Waals surface area contributed by atoms with Crippen LogP contribution in [0.2, 0.25) is 10.0 Å². The molecule has 0 atom stereocenters. The van der Waals surface area contributed by atoms with Gasteiger partial charge in [-0.1, -0.05) is 37.0 Å². The predicted octanol–water partition coefficient (Wildman–Crippen LogP) is 5.26. The van der Waals surface area contributed by atoms with Crippen LogP contribution in [0.5, 0.6) is 0 Å². The third kappa shape index (κ3) is 13.1. The number of ether oxygens (including phenoxy) is 2. The maximum atomic E-state index is 12.9. The molecule has 2 heterocycles. The van der Waals surface area contributed by atoms with E-state index in [0.29, 0.717) is 77.1 Å². The molecule has 0 bridgehead atoms. The van der Waals surface area contributed by atoms with Crippen LogP contribution in [0.4, 0.5) is 11.4 Å². The second kappa shape index (κ2) is 20.6. The molecular weight excluding hydrogens is 879 g/mol. The molecule has 18 nitrogen and oxygen atoms in total. The first-order valence-corrected chi connectivity index (χ1v) is 23.5. The molecule has 59 heavy (non-hydrogen) atoms. The normalized spacial score (nSPS) is 25.1. The number of carbonyl (C=O) groups excluding carboxylic acids is 2. The van der Waals surface area contributed by atoms with E-state index in [1.807, 2.05) is 16.7 Å². The van der Waals surface area contributed by atoms with E-state index in [-0.39, 0.29) is 37.2 Å². The van der Waals surface area contributed by atoms with Gasteiger partial charge in [0.05, 0.1) is 46.1 Å². The number of nitrogens with two attached hydrogens (primary N) is 1. The summed E-state index contributed by atoms with van der Waals surface area (Å²) in [5, 5.41) is 21.1. The first kappa shape index (κ1) is 48.5. The molecule has 6 rings (SSSR count). The number of sulfonamides is 1. The molecule has 2 aliphatic heterocycles. The van der Waals surface area contributed by atoms with Crippen molar-refractivity contribution in [2.75, 3.05) is 52.6 Å². The molecule has 0 radical (unpaired) electrons. The average Bonchev–Trinajstić information content (AvgIpc) is 3.20. The van der Waals surface area contributed by atoms with Crippen LogP contribution >= 0.6 is 33.9 Å². The smallest absolute Gasteiger partial charge is 0.289 e. The summed E-state index contributed by atoms with van der Waals surface area (Å²) in [4.78, 5) is 48.4. The van der Waals surface area contributed by atoms with E-state index in [0.717, 1.165) is 63.0 Å². The number of carbonyl (C=O) groups is 2. The Morgan fingerprint density at radius 2 is 1.10 bits per heavy atom. The lowest BCUT2D eigenvalue weighted by molar-refractivity contribution is -0.385. The van der Waals surface area contributed by atoms with Gasteiger partial charge in [0.15, 0.2) is 0 Å². The molecule has 2 saturated heterocycles. The van der Waals surface area contributed by atoms with Crippen LogP contribution in [-0.4, -0.2) is 113 Å². The van der Waals surface area contributed by atoms with Gasteiger partial charge in [0.2, 0.25) is 21.8 Å². The van der Waals surface area contributed by atoms with Crippen molar-refractivity contribution >= 4 is 76.1 Å². The Labute approximate surface area is 357 Å². The van der Waals surface area contributed by atoms with Crippen LogP contribution in [-0.2, 0) is 38.1 Å². The van der Waals surface area contributed by atoms with E-state index in [2.05, 4.69) is 11.6 Å². The number of rotatable bonds is 8. The number of nitro benzene ring substituents is 2. The van der Waals surface area contributed by atoms with Crippen LogP contribution in [0.3, 0.4) is 0 Å². The predicted molar refractivity (Wildman–Crippen MR) is 219 cm³/mol. The van der Waals surface area contributed by atoms with Gasteiger partial charge in [-0.05, 0) is 75.6 Å². The summed E-state index contributed by atoms with van der Waals surface area (Å²) in [5.41, 5.74) is 4.25. The Morgan fingerprint density at radius 1 is 0.729 bits per heavy atom. The van der Waals surface area contributed by atoms with Crippen molar-refractivity contribution in [3.05, 3.63) is 66.7 Å². The maximum Gasteiger partial charge on any atom is 0.289 e. The first-order valence-electron chi connectivity index (χ1n) is 18.9. The summed E-state index contributed by atoms with van der Waals surface area (Å²) in [6.45, 7) is 9.13. The zero-order valence-corrected chi connectivity index (χ0v) is 36.5. The highest BCUT2D eigenvalue weighted by molar-refractivity contribution is 8.13. The molecule has 0 unspecified atom stereocenters. The quantitative estimate of drug-likeness (QED) is 0.195. The Bertz CT molecular complexity index is 2070. The fourth-order valence-electron chi connectivity index (χ4n) is 7.25. The lowest BCUT2D eigenvalue weighted by Gasteiger charge is -2.40. The summed E-state index contributed by atoms with van der Waals surface area (Å²) in [6, 6.07) is 6.38. The Morgan fingerprint density at radius 3 is 1.49 bits per heavy atom. The number of hydrogen-bond acceptors (Lipinski definition) is 13. The zero-order valence-electron chi connectivity index (χ0n) is 32.6. The molecule has 2 saturated carbocycles. The Kier molecular flexibility index (Phi) is 16.9. The molecule has 4 fully saturated rings. The van der Waals surface area contributed by atoms with E-state index >= 15 is 0 Å². The van der Waals surface area contributed by atoms with Gasteiger partial charge in [-0.3, -0.25) is 29.8 Å². The van der Waals surface area contributed by atoms with Gasteiger partial charge in [0.25, 0.3) is 20.4 Å². The third-order valence-corrected chi connectivity index (χ3v) is 14.5. The zero-order chi connectivity index (χ0) is 43.8. The average molecular weight is 928 g/mol. The minimum Gasteiger partial charge on any atom is -0.378 e. The number of nitro groups is 2. The lowest BCUT2D eigenvalue weighted by Crippen LogP contribution is -2.50. The van der Waals surface area contributed by atoms with E-state index in [4.69, 9.17) is 49.1 Å². The van der Waals surface area contributed by atoms with Crippen LogP contribution in [0.1, 0.15) is 65.2 Å². The van der Waals surface area contributed by atoms with Gasteiger partial charge in [-0.15, -0.1) is 0 Å². The second-order valence-electron chi connectivity index (χ2n) is 15.3. The van der Waals surface area contributed by atoms with Crippen LogP contribution in [0.25, 0.3) is 0 Å². The van der Waals surface area contributed by atoms with Crippen molar-refractivity contribution in [2.45, 2.75) is 87.1 Å². The summed E-state index contributed by atoms with van der Waals surface area (Å²) in [7, 11) is -2.91. The van der Waals surface area contributed by atoms with Gasteiger partial charge in [-0.25, -0.2) is 21.6 Å². The molecule has 4 aliphatic rings. The lowest BCUT2D eigenvalue weighted by atomic mass is 9.73. The molecule has 2 amide bonds. The van der Waals surface area contributed by atoms with Crippen molar-refractivity contribution < 1.29 is 45.7 Å². The fraction of sp³-hybridized carbons (Fsp3) is 0.611. The fourth-order valence-corrected chi connectivity index (χ4v) is 9.71. The van der Waals surface area contributed by atoms with Gasteiger partial charge < -0.3 is 25.0 Å². The van der Waals surface area contributed by atoms with E-state index in [1.165, 1.54) is 12.1 Å². The number of hydrogen-bond donors (Lipinski definition) is 2. The van der Waals surface area contributed by atoms with E-state index in [9.17, 15) is 46.7 Å². The van der Waals surface area contributed by atoms with Crippen molar-refractivity contribution in [2.24, 2.45) is 16.6 Å². The molecule has 3 N–H and O–H groups in total. The highest BCUT2D eigenvalue weighted by Crippen LogP contribution is 2.39. The summed E-state index contributed by atoms with van der Waals surface area (Å²) >= 11 is 11.2. The van der Waals surface area contributed by atoms with Crippen molar-refractivity contribution in [3.63, 3.8) is 0 Å². The second-order valence-corrected chi connectivity index (χ2v) is 20.4. The highest BCUT2D eigenvalue weighted by atomic mass is 35.7. The van der Waals surface area contributed by atoms with E-state index < -0.39 is 45.7 Å². The van der Waals surface area contributed by atoms with Crippen molar-refractivity contribution in [1.82, 2.24) is 14.5 Å². The third-order valence-electron chi connectivity index (χ3n) is 11.0. The molecule has 2 aliphatic carbocycles. The monoisotopic (exact) mass is 926 g/mol. The van der Waals surface area contributed by atoms with Gasteiger partial charge in [-0.2, -0.15) is 0 Å². The Hall–Kier alpha value is -3.21. The summed E-state index contributed by atoms with van der Waals surface area (Å²) in [6.07, 6.45) is 5.99. The van der Waals surface area contributed by atoms with E-state index in [1.54, 1.807) is 0 Å². The van der Waals surface area contributed by atoms with Gasteiger partial charge >= 0.3 is 0 Å². The topological polar surface area (TPSA) is 252 Å². The molecule has 23 heteroatoms. The van der Waals surface area contributed by atoms with Crippen molar-refractivity contribution in [1.29, 1.82) is 0 Å². The first-order chi connectivity index (χ1) is 27.6. The number of benzene rings is 2. The molecular formula is C36H49Cl3N6O12S2. The Balaban J connectivity index is 0.000000216. The molecule has 0 spiro atoms. The molecule has 2 aromatic carbocycles. The number of morpholine rings is 2. The van der Waals surface area contributed by atoms with Crippen LogP contribution in [0.15, 0.2) is 46.2 Å². The number of amides is 2. The molecule has 2 aromatic rings. The van der Waals surface area contributed by atoms with Gasteiger partial charge in [0, 0.05) is 71.9 Å². The largest absolute Gasteiger partial charge is 0.378 e. The number of nitrogens with one attached hydrogen (secondary N) is 1. The minimum absolute atomic E-state index is 0.0930. The highest BCUT2D eigenvalue weighted by Gasteiger charge is 2.42. The molecule has 328 valence electrons. The summed E-state index contributed by atoms with van der Waals surface area (Å²) < 4.78 is 60.1. The SMILES string of the molecule is CC1(C(=O)N2CCOCC2)CCC(N)CC1.CC1(C(=O)N2CCOCC2)CCC(NS(=O)(=O)c2ccc(Cl)c([N+](=O)[O-])c2)CC1.O=[N+]([O-])c1cc(S(=O)(=O)Cl)ccc1Cl. The van der Waals surface area contributed by atoms with Crippen molar-refractivity contribution in [3.8, 4) is 0 Å². The molecule has 0 aromatic heterocycles. The maximum absolute atomic E-state index is 12.9. The summed E-state index contributed by atoms with van der Waals surface area (Å²) in [5.74, 6) is 0.401. The van der Waals surface area contributed by atoms with Gasteiger partial charge in [0.1, 0.15) is 10.0 Å². The number of nitrogens with zero attached hydrogens (tertiary/aromatic N) is 4. The minimum atomic E-state index is -3.97. The standard InChI is InChI=1S/C18H24ClN3O6S.C12H22N2O2.C6H3Cl2NO4S/c1-18(17(23)21-8-10-28-11-9-21)6-4-13(5-7-18)20-29(26,27)14-2-3-15(19)16(12-14)22(24)25;1-12(4-2-10(13)3-5-12)11(15)14-6-8-16-9-7-14;7-5-2-1-4(14(8,12)13)3-6(5)9(10)11/h2-3,12-13,20H,4-11H2,1H3;10H,2-9,13H2,1H3;1-3H. The number of halogens is 3. The van der Waals surface area contributed by atoms with Crippen LogP contribution < -0.4 is 10.5 Å².